The number of furan rings is 1. The topological polar surface area (TPSA) is 72.4 Å². The Balaban J connectivity index is 1.61. The molecule has 1 aromatic carbocycles. The minimum Gasteiger partial charge on any atom is -0.463 e. The van der Waals surface area contributed by atoms with E-state index >= 15 is 0 Å². The van der Waals surface area contributed by atoms with Gasteiger partial charge in [-0.3, -0.25) is 4.79 Å². The molecular formula is C19H20ClN3O3. The third-order valence-corrected chi connectivity index (χ3v) is 4.99. The number of piperidine rings is 1. The molecule has 1 saturated heterocycles. The fourth-order valence-electron chi connectivity index (χ4n) is 3.47. The van der Waals surface area contributed by atoms with Gasteiger partial charge in [0.15, 0.2) is 11.4 Å². The Morgan fingerprint density at radius 3 is 3.00 bits per heavy atom. The molecule has 0 radical (unpaired) electrons. The Labute approximate surface area is 156 Å². The number of carbonyl (C=O) groups excluding carboxylic acids is 1. The number of aromatic nitrogens is 2. The maximum atomic E-state index is 12.1. The van der Waals surface area contributed by atoms with Crippen LogP contribution in [-0.2, 0) is 4.79 Å². The number of rotatable bonds is 4. The largest absolute Gasteiger partial charge is 0.463 e. The van der Waals surface area contributed by atoms with Crippen LogP contribution < -0.4 is 0 Å². The van der Waals surface area contributed by atoms with Gasteiger partial charge in [-0.25, -0.2) is 0 Å². The summed E-state index contributed by atoms with van der Waals surface area (Å²) in [6.45, 7) is 5.62. The van der Waals surface area contributed by atoms with Crippen LogP contribution >= 0.6 is 11.6 Å². The van der Waals surface area contributed by atoms with Gasteiger partial charge >= 0.3 is 0 Å². The second-order valence-electron chi connectivity index (χ2n) is 7.14. The standard InChI is InChI=1S/C19H20ClN3O3/c1-11(2)9-23-10-12(3-6-16(23)24)18-21-19(26-22-18)14-4-5-15(20)17-13(14)7-8-25-17/h4-5,7-8,11-12H,3,6,9-10H2,1-2H3. The normalized spacial score (nSPS) is 18.2. The van der Waals surface area contributed by atoms with Crippen LogP contribution in [0.2, 0.25) is 5.02 Å². The van der Waals surface area contributed by atoms with E-state index in [1.165, 1.54) is 0 Å². The van der Waals surface area contributed by atoms with Crippen LogP contribution in [0.15, 0.2) is 33.4 Å². The van der Waals surface area contributed by atoms with Crippen LogP contribution in [0, 0.1) is 5.92 Å². The van der Waals surface area contributed by atoms with Gasteiger partial charge in [0, 0.05) is 30.8 Å². The summed E-state index contributed by atoms with van der Waals surface area (Å²) in [5.41, 5.74) is 1.40. The number of carbonyl (C=O) groups is 1. The average molecular weight is 374 g/mol. The number of hydrogen-bond acceptors (Lipinski definition) is 5. The molecule has 3 aromatic rings. The van der Waals surface area contributed by atoms with Crippen molar-refractivity contribution in [2.24, 2.45) is 5.92 Å². The fourth-order valence-corrected chi connectivity index (χ4v) is 3.68. The first-order valence-electron chi connectivity index (χ1n) is 8.80. The first kappa shape index (κ1) is 17.1. The molecule has 1 amide bonds. The number of amides is 1. The summed E-state index contributed by atoms with van der Waals surface area (Å²) in [6, 6.07) is 5.45. The zero-order valence-corrected chi connectivity index (χ0v) is 15.5. The van der Waals surface area contributed by atoms with Crippen LogP contribution in [0.1, 0.15) is 38.4 Å². The number of hydrogen-bond donors (Lipinski definition) is 0. The van der Waals surface area contributed by atoms with Gasteiger partial charge in [0.25, 0.3) is 5.89 Å². The number of halogens is 1. The Kier molecular flexibility index (Phi) is 4.44. The summed E-state index contributed by atoms with van der Waals surface area (Å²) in [5.74, 6) is 1.82. The summed E-state index contributed by atoms with van der Waals surface area (Å²) < 4.78 is 10.9. The predicted molar refractivity (Wildman–Crippen MR) is 97.9 cm³/mol. The van der Waals surface area contributed by atoms with Crippen LogP contribution in [0.4, 0.5) is 0 Å². The fraction of sp³-hybridized carbons (Fsp3) is 0.421. The maximum Gasteiger partial charge on any atom is 0.258 e. The van der Waals surface area contributed by atoms with Gasteiger partial charge in [-0.2, -0.15) is 4.98 Å². The van der Waals surface area contributed by atoms with Crippen molar-refractivity contribution in [3.8, 4) is 11.5 Å². The van der Waals surface area contributed by atoms with Crippen molar-refractivity contribution in [1.82, 2.24) is 15.0 Å². The van der Waals surface area contributed by atoms with E-state index in [9.17, 15) is 4.79 Å². The zero-order valence-electron chi connectivity index (χ0n) is 14.7. The predicted octanol–water partition coefficient (Wildman–Crippen LogP) is 4.50. The molecule has 3 heterocycles. The second-order valence-corrected chi connectivity index (χ2v) is 7.55. The summed E-state index contributed by atoms with van der Waals surface area (Å²) in [6.07, 6.45) is 2.86. The zero-order chi connectivity index (χ0) is 18.3. The first-order valence-corrected chi connectivity index (χ1v) is 9.18. The van der Waals surface area contributed by atoms with Crippen molar-refractivity contribution in [2.75, 3.05) is 13.1 Å². The third-order valence-electron chi connectivity index (χ3n) is 4.69. The van der Waals surface area contributed by atoms with E-state index in [0.717, 1.165) is 23.9 Å². The Morgan fingerprint density at radius 2 is 2.19 bits per heavy atom. The minimum absolute atomic E-state index is 0.0936. The Hall–Kier alpha value is -2.34. The molecule has 0 spiro atoms. The summed E-state index contributed by atoms with van der Waals surface area (Å²) in [4.78, 5) is 18.6. The van der Waals surface area contributed by atoms with Gasteiger partial charge in [-0.05, 0) is 30.5 Å². The van der Waals surface area contributed by atoms with E-state index in [1.54, 1.807) is 12.3 Å². The molecule has 1 unspecified atom stereocenters. The summed E-state index contributed by atoms with van der Waals surface area (Å²) in [7, 11) is 0. The Bertz CT molecular complexity index is 947. The van der Waals surface area contributed by atoms with Crippen LogP contribution in [-0.4, -0.2) is 34.0 Å². The second kappa shape index (κ2) is 6.76. The van der Waals surface area contributed by atoms with E-state index in [-0.39, 0.29) is 11.8 Å². The molecule has 0 aliphatic carbocycles. The Morgan fingerprint density at radius 1 is 1.35 bits per heavy atom. The molecule has 1 fully saturated rings. The van der Waals surface area contributed by atoms with Gasteiger partial charge in [0.1, 0.15) is 0 Å². The lowest BCUT2D eigenvalue weighted by Gasteiger charge is -2.32. The van der Waals surface area contributed by atoms with E-state index in [1.807, 2.05) is 17.0 Å². The van der Waals surface area contributed by atoms with Crippen LogP contribution in [0.5, 0.6) is 0 Å². The molecule has 6 nitrogen and oxygen atoms in total. The number of nitrogens with zero attached hydrogens (tertiary/aromatic N) is 3. The number of likely N-dealkylation sites (tertiary alicyclic amines) is 1. The average Bonchev–Trinajstić information content (AvgIpc) is 3.27. The van der Waals surface area contributed by atoms with Crippen LogP contribution in [0.3, 0.4) is 0 Å². The SMILES string of the molecule is CC(C)CN1CC(c2noc(-c3ccc(Cl)c4occc34)n2)CCC1=O. The molecule has 1 aliphatic heterocycles. The van der Waals surface area contributed by atoms with Gasteiger partial charge < -0.3 is 13.8 Å². The lowest BCUT2D eigenvalue weighted by molar-refractivity contribution is -0.134. The van der Waals surface area contributed by atoms with E-state index < -0.39 is 0 Å². The molecular weight excluding hydrogens is 354 g/mol. The number of fused-ring (bicyclic) bond motifs is 1. The van der Waals surface area contributed by atoms with Crippen molar-refractivity contribution < 1.29 is 13.7 Å². The minimum atomic E-state index is 0.0936. The lowest BCUT2D eigenvalue weighted by Crippen LogP contribution is -2.41. The van der Waals surface area contributed by atoms with Gasteiger partial charge in [0.05, 0.1) is 16.8 Å². The highest BCUT2D eigenvalue weighted by Gasteiger charge is 2.30. The third kappa shape index (κ3) is 3.09. The quantitative estimate of drug-likeness (QED) is 0.673. The number of benzene rings is 1. The van der Waals surface area contributed by atoms with E-state index in [2.05, 4.69) is 24.0 Å². The molecule has 0 N–H and O–H groups in total. The molecule has 1 aliphatic rings. The molecule has 2 aromatic heterocycles. The molecule has 0 saturated carbocycles. The van der Waals surface area contributed by atoms with Crippen molar-refractivity contribution in [1.29, 1.82) is 0 Å². The molecule has 1 atom stereocenters. The van der Waals surface area contributed by atoms with E-state index in [4.69, 9.17) is 20.5 Å². The van der Waals surface area contributed by atoms with Crippen LogP contribution in [0.25, 0.3) is 22.4 Å². The van der Waals surface area contributed by atoms with E-state index in [0.29, 0.717) is 41.2 Å². The van der Waals surface area contributed by atoms with Gasteiger partial charge in [-0.15, -0.1) is 0 Å². The highest BCUT2D eigenvalue weighted by molar-refractivity contribution is 6.35. The molecule has 4 rings (SSSR count). The molecule has 0 bridgehead atoms. The van der Waals surface area contributed by atoms with Crippen molar-refractivity contribution in [3.63, 3.8) is 0 Å². The smallest absolute Gasteiger partial charge is 0.258 e. The summed E-state index contributed by atoms with van der Waals surface area (Å²) in [5, 5.41) is 5.57. The first-order chi connectivity index (χ1) is 12.5. The molecule has 136 valence electrons. The van der Waals surface area contributed by atoms with Crippen molar-refractivity contribution in [2.45, 2.75) is 32.6 Å². The monoisotopic (exact) mass is 373 g/mol. The van der Waals surface area contributed by atoms with Crippen molar-refractivity contribution >= 4 is 28.5 Å². The van der Waals surface area contributed by atoms with Gasteiger partial charge in [-0.1, -0.05) is 30.6 Å². The lowest BCUT2D eigenvalue weighted by atomic mass is 9.96. The highest BCUT2D eigenvalue weighted by Crippen LogP contribution is 2.34. The van der Waals surface area contributed by atoms with Crippen molar-refractivity contribution in [3.05, 3.63) is 35.3 Å². The molecule has 7 heteroatoms. The summed E-state index contributed by atoms with van der Waals surface area (Å²) >= 11 is 6.16. The van der Waals surface area contributed by atoms with Gasteiger partial charge in [0.2, 0.25) is 5.91 Å². The highest BCUT2D eigenvalue weighted by atomic mass is 35.5. The maximum absolute atomic E-state index is 12.1. The molecule has 26 heavy (non-hydrogen) atoms.